The summed E-state index contributed by atoms with van der Waals surface area (Å²) < 4.78 is 5.33. The number of benzene rings is 2. The van der Waals surface area contributed by atoms with Crippen LogP contribution >= 0.6 is 0 Å². The van der Waals surface area contributed by atoms with Crippen molar-refractivity contribution < 1.29 is 14.3 Å². The van der Waals surface area contributed by atoms with Crippen LogP contribution in [0, 0.1) is 0 Å². The van der Waals surface area contributed by atoms with E-state index in [0.717, 1.165) is 29.6 Å². The number of aromatic nitrogens is 1. The Morgan fingerprint density at radius 2 is 1.84 bits per heavy atom. The Hall–Kier alpha value is -3.16. The van der Waals surface area contributed by atoms with Crippen LogP contribution < -0.4 is 10.6 Å². The molecule has 1 unspecified atom stereocenters. The number of rotatable bonds is 4. The Morgan fingerprint density at radius 3 is 2.65 bits per heavy atom. The predicted octanol–water partition coefficient (Wildman–Crippen LogP) is 2.72. The van der Waals surface area contributed by atoms with E-state index < -0.39 is 0 Å². The molecule has 2 atom stereocenters. The lowest BCUT2D eigenvalue weighted by atomic mass is 9.91. The molecule has 0 bridgehead atoms. The van der Waals surface area contributed by atoms with Gasteiger partial charge in [0.25, 0.3) is 5.91 Å². The molecule has 3 N–H and O–H groups in total. The summed E-state index contributed by atoms with van der Waals surface area (Å²) in [6, 6.07) is 17.4. The monoisotopic (exact) mass is 418 g/mol. The highest BCUT2D eigenvalue weighted by molar-refractivity contribution is 6.01. The van der Waals surface area contributed by atoms with Crippen LogP contribution in [0.4, 0.5) is 5.69 Å². The number of nitrogens with one attached hydrogen (secondary N) is 3. The lowest BCUT2D eigenvalue weighted by molar-refractivity contribution is -0.118. The SMILES string of the molecule is O=C(Nc1ccc2[nH]c(C(=O)N3CCOCC3)cc2c1)C1NCC[C@@H]1c1ccccc1. The van der Waals surface area contributed by atoms with Crippen LogP contribution in [0.5, 0.6) is 0 Å². The van der Waals surface area contributed by atoms with Crippen molar-refractivity contribution in [3.63, 3.8) is 0 Å². The number of anilines is 1. The van der Waals surface area contributed by atoms with Crippen molar-refractivity contribution in [2.75, 3.05) is 38.2 Å². The average molecular weight is 418 g/mol. The van der Waals surface area contributed by atoms with Crippen molar-refractivity contribution in [2.45, 2.75) is 18.4 Å². The van der Waals surface area contributed by atoms with Gasteiger partial charge in [-0.05, 0) is 42.8 Å². The van der Waals surface area contributed by atoms with Gasteiger partial charge in [-0.3, -0.25) is 9.59 Å². The van der Waals surface area contributed by atoms with Gasteiger partial charge in [0.1, 0.15) is 5.69 Å². The zero-order valence-corrected chi connectivity index (χ0v) is 17.3. The highest BCUT2D eigenvalue weighted by Gasteiger charge is 2.33. The van der Waals surface area contributed by atoms with E-state index in [2.05, 4.69) is 27.8 Å². The van der Waals surface area contributed by atoms with E-state index in [4.69, 9.17) is 4.74 Å². The first-order valence-electron chi connectivity index (χ1n) is 10.8. The van der Waals surface area contributed by atoms with Crippen LogP contribution in [-0.2, 0) is 9.53 Å². The van der Waals surface area contributed by atoms with Crippen LogP contribution in [0.1, 0.15) is 28.4 Å². The largest absolute Gasteiger partial charge is 0.378 e. The number of ether oxygens (including phenoxy) is 1. The normalized spacial score (nSPS) is 21.4. The highest BCUT2D eigenvalue weighted by Crippen LogP contribution is 2.29. The number of morpholine rings is 1. The molecule has 0 saturated carbocycles. The number of fused-ring (bicyclic) bond motifs is 1. The van der Waals surface area contributed by atoms with E-state index in [1.165, 1.54) is 5.56 Å². The fourth-order valence-electron chi connectivity index (χ4n) is 4.52. The van der Waals surface area contributed by atoms with Crippen molar-refractivity contribution in [2.24, 2.45) is 0 Å². The molecule has 7 nitrogen and oxygen atoms in total. The summed E-state index contributed by atoms with van der Waals surface area (Å²) in [6.45, 7) is 3.17. The predicted molar refractivity (Wildman–Crippen MR) is 119 cm³/mol. The van der Waals surface area contributed by atoms with Gasteiger partial charge in [0.15, 0.2) is 0 Å². The van der Waals surface area contributed by atoms with E-state index >= 15 is 0 Å². The number of H-pyrrole nitrogens is 1. The van der Waals surface area contributed by atoms with E-state index in [1.54, 1.807) is 4.90 Å². The summed E-state index contributed by atoms with van der Waals surface area (Å²) in [4.78, 5) is 30.7. The molecule has 160 valence electrons. The second-order valence-corrected chi connectivity index (χ2v) is 8.12. The summed E-state index contributed by atoms with van der Waals surface area (Å²) in [7, 11) is 0. The lowest BCUT2D eigenvalue weighted by Gasteiger charge is -2.26. The second-order valence-electron chi connectivity index (χ2n) is 8.12. The third-order valence-corrected chi connectivity index (χ3v) is 6.15. The number of carbonyl (C=O) groups excluding carboxylic acids is 2. The molecular formula is C24H26N4O3. The van der Waals surface area contributed by atoms with Gasteiger partial charge >= 0.3 is 0 Å². The molecule has 5 rings (SSSR count). The maximum Gasteiger partial charge on any atom is 0.270 e. The molecule has 1 aromatic heterocycles. The fourth-order valence-corrected chi connectivity index (χ4v) is 4.52. The van der Waals surface area contributed by atoms with Crippen LogP contribution in [0.2, 0.25) is 0 Å². The number of amides is 2. The van der Waals surface area contributed by atoms with Crippen LogP contribution in [0.3, 0.4) is 0 Å². The average Bonchev–Trinajstić information content (AvgIpc) is 3.47. The van der Waals surface area contributed by atoms with Crippen molar-refractivity contribution in [1.82, 2.24) is 15.2 Å². The summed E-state index contributed by atoms with van der Waals surface area (Å²) in [5.41, 5.74) is 3.33. The van der Waals surface area contributed by atoms with E-state index in [0.29, 0.717) is 32.0 Å². The first kappa shape index (κ1) is 19.8. The number of hydrogen-bond acceptors (Lipinski definition) is 4. The smallest absolute Gasteiger partial charge is 0.270 e. The van der Waals surface area contributed by atoms with E-state index in [1.807, 2.05) is 42.5 Å². The van der Waals surface area contributed by atoms with Gasteiger partial charge in [0.2, 0.25) is 5.91 Å². The van der Waals surface area contributed by atoms with Gasteiger partial charge in [0, 0.05) is 35.6 Å². The topological polar surface area (TPSA) is 86.5 Å². The van der Waals surface area contributed by atoms with Crippen molar-refractivity contribution in [3.8, 4) is 0 Å². The summed E-state index contributed by atoms with van der Waals surface area (Å²) in [5.74, 6) is 0.103. The molecule has 3 aromatic rings. The number of hydrogen-bond donors (Lipinski definition) is 3. The third-order valence-electron chi connectivity index (χ3n) is 6.15. The van der Waals surface area contributed by atoms with Gasteiger partial charge in [0.05, 0.1) is 19.3 Å². The van der Waals surface area contributed by atoms with Gasteiger partial charge < -0.3 is 25.3 Å². The summed E-state index contributed by atoms with van der Waals surface area (Å²) in [5, 5.41) is 7.29. The number of carbonyl (C=O) groups is 2. The Morgan fingerprint density at radius 1 is 1.03 bits per heavy atom. The first-order chi connectivity index (χ1) is 15.2. The molecule has 7 heteroatoms. The zero-order valence-electron chi connectivity index (χ0n) is 17.3. The van der Waals surface area contributed by atoms with Crippen molar-refractivity contribution in [1.29, 1.82) is 0 Å². The van der Waals surface area contributed by atoms with Crippen LogP contribution in [0.15, 0.2) is 54.6 Å². The molecule has 0 radical (unpaired) electrons. The van der Waals surface area contributed by atoms with Crippen molar-refractivity contribution >= 4 is 28.4 Å². The summed E-state index contributed by atoms with van der Waals surface area (Å²) >= 11 is 0. The van der Waals surface area contributed by atoms with Gasteiger partial charge in [-0.15, -0.1) is 0 Å². The first-order valence-corrected chi connectivity index (χ1v) is 10.8. The molecule has 3 heterocycles. The Bertz CT molecular complexity index is 1090. The minimum atomic E-state index is -0.261. The lowest BCUT2D eigenvalue weighted by Crippen LogP contribution is -2.40. The Kier molecular flexibility index (Phi) is 5.44. The van der Waals surface area contributed by atoms with Gasteiger partial charge in [-0.1, -0.05) is 30.3 Å². The molecule has 2 saturated heterocycles. The van der Waals surface area contributed by atoms with Crippen LogP contribution in [-0.4, -0.2) is 60.6 Å². The molecule has 0 aliphatic carbocycles. The highest BCUT2D eigenvalue weighted by atomic mass is 16.5. The minimum Gasteiger partial charge on any atom is -0.378 e. The van der Waals surface area contributed by atoms with Gasteiger partial charge in [-0.25, -0.2) is 0 Å². The quantitative estimate of drug-likeness (QED) is 0.608. The molecule has 2 aromatic carbocycles. The molecule has 31 heavy (non-hydrogen) atoms. The van der Waals surface area contributed by atoms with E-state index in [-0.39, 0.29) is 23.8 Å². The minimum absolute atomic E-state index is 0.0223. The molecule has 2 aliphatic heterocycles. The molecule has 2 amide bonds. The van der Waals surface area contributed by atoms with Crippen LogP contribution in [0.25, 0.3) is 10.9 Å². The fraction of sp³-hybridized carbons (Fsp3) is 0.333. The molecule has 2 aliphatic rings. The van der Waals surface area contributed by atoms with E-state index in [9.17, 15) is 9.59 Å². The summed E-state index contributed by atoms with van der Waals surface area (Å²) in [6.07, 6.45) is 0.936. The standard InChI is InChI=1S/C24H26N4O3/c29-23(22-19(8-9-25-22)16-4-2-1-3-5-16)26-18-6-7-20-17(14-18)15-21(27-20)24(30)28-10-12-31-13-11-28/h1-7,14-15,19,22,25,27H,8-13H2,(H,26,29)/t19-,22?/m1/s1. The number of aromatic amines is 1. The molecular weight excluding hydrogens is 392 g/mol. The zero-order chi connectivity index (χ0) is 21.2. The molecule has 0 spiro atoms. The number of nitrogens with zero attached hydrogens (tertiary/aromatic N) is 1. The maximum absolute atomic E-state index is 13.0. The van der Waals surface area contributed by atoms with Crippen molar-refractivity contribution in [3.05, 3.63) is 65.9 Å². The maximum atomic E-state index is 13.0. The molecule has 2 fully saturated rings. The van der Waals surface area contributed by atoms with Gasteiger partial charge in [-0.2, -0.15) is 0 Å². The Labute approximate surface area is 180 Å². The Balaban J connectivity index is 1.31. The second kappa shape index (κ2) is 8.53. The third kappa shape index (κ3) is 4.06.